The average Bonchev–Trinajstić information content (AvgIpc) is 1.32. The van der Waals surface area contributed by atoms with Gasteiger partial charge in [-0.2, -0.15) is 0 Å². The summed E-state index contributed by atoms with van der Waals surface area (Å²) in [6.45, 7) is 14.8. The fraction of sp³-hybridized carbons (Fsp3) is 0.436. The molecule has 8 aromatic rings. The number of hydrogen-bond donors (Lipinski definition) is 2. The summed E-state index contributed by atoms with van der Waals surface area (Å²) in [5.74, 6) is 2.46. The van der Waals surface area contributed by atoms with Crippen LogP contribution in [0.2, 0.25) is 0 Å². The molecule has 0 saturated carbocycles. The number of ether oxygens (including phenoxy) is 3. The Bertz CT molecular complexity index is 4790. The van der Waals surface area contributed by atoms with E-state index in [1.54, 1.807) is 118 Å². The molecule has 0 radical (unpaired) electrons. The number of carbonyl (C=O) groups excluding carboxylic acids is 10. The number of aliphatic hydroxyl groups excluding tert-OH is 1. The number of methoxy groups -OCH3 is 3. The number of pyridine rings is 1. The summed E-state index contributed by atoms with van der Waals surface area (Å²) >= 11 is 0. The lowest BCUT2D eigenvalue weighted by Crippen LogP contribution is -2.41. The lowest BCUT2D eigenvalue weighted by atomic mass is 10.0. The highest BCUT2D eigenvalue weighted by Crippen LogP contribution is 2.42. The van der Waals surface area contributed by atoms with Gasteiger partial charge in [0.15, 0.2) is 6.29 Å². The molecule has 688 valence electrons. The van der Waals surface area contributed by atoms with Crippen LogP contribution in [0, 0.1) is 11.8 Å². The number of likely N-dealkylation sites (N-methyl/N-ethyl adjacent to an activating group) is 5. The molecule has 0 aliphatic carbocycles. The fourth-order valence-electron chi connectivity index (χ4n) is 16.6. The largest absolute Gasteiger partial charge is 0.497 e. The topological polar surface area (TPSA) is 284 Å². The van der Waals surface area contributed by atoms with Crippen molar-refractivity contribution in [3.05, 3.63) is 263 Å². The minimum absolute atomic E-state index is 0. The molecule has 26 heteroatoms. The zero-order valence-electron chi connectivity index (χ0n) is 73.0. The number of carbonyl (C=O) groups is 10. The van der Waals surface area contributed by atoms with Gasteiger partial charge in [-0.05, 0) is 131 Å². The van der Waals surface area contributed by atoms with Crippen LogP contribution >= 0.6 is 0 Å². The Morgan fingerprint density at radius 2 is 0.622 bits per heavy atom. The highest BCUT2D eigenvalue weighted by atomic mass is 16.5. The number of rotatable bonds is 24. The van der Waals surface area contributed by atoms with Crippen molar-refractivity contribution in [2.24, 2.45) is 11.8 Å². The molecular formula is C101H139N11O15. The predicted octanol–water partition coefficient (Wildman–Crippen LogP) is 15.5. The summed E-state index contributed by atoms with van der Waals surface area (Å²) in [6, 6.07) is 62.7. The monoisotopic (exact) mass is 1750 g/mol. The quantitative estimate of drug-likeness (QED) is 0.0532. The number of aliphatic hydroxyl groups is 2. The van der Waals surface area contributed by atoms with Gasteiger partial charge in [-0.3, -0.25) is 52.9 Å². The maximum absolute atomic E-state index is 13.1. The van der Waals surface area contributed by atoms with Crippen LogP contribution in [-0.4, -0.2) is 216 Å². The molecule has 13 rings (SSSR count). The first-order valence-corrected chi connectivity index (χ1v) is 41.5. The molecule has 1 aromatic heterocycles. The zero-order valence-corrected chi connectivity index (χ0v) is 73.0. The number of benzene rings is 7. The molecule has 5 aliphatic rings. The van der Waals surface area contributed by atoms with Crippen molar-refractivity contribution in [3.63, 3.8) is 0 Å². The molecule has 7 aromatic carbocycles. The zero-order chi connectivity index (χ0) is 88.8. The van der Waals surface area contributed by atoms with Crippen LogP contribution < -0.4 is 14.2 Å². The molecule has 5 saturated heterocycles. The maximum Gasteiger partial charge on any atom is 0.247 e. The second kappa shape index (κ2) is 50.2. The molecule has 0 spiro atoms. The number of nitrogens with zero attached hydrogens (tertiary/aromatic N) is 11. The van der Waals surface area contributed by atoms with E-state index in [0.717, 1.165) is 68.2 Å². The maximum atomic E-state index is 13.1. The molecular weight excluding hydrogens is 1610 g/mol. The van der Waals surface area contributed by atoms with Gasteiger partial charge in [-0.1, -0.05) is 236 Å². The summed E-state index contributed by atoms with van der Waals surface area (Å²) in [5, 5.41) is 18.1. The Labute approximate surface area is 754 Å². The molecule has 26 nitrogen and oxygen atoms in total. The first kappa shape index (κ1) is 107. The van der Waals surface area contributed by atoms with E-state index in [0.29, 0.717) is 56.8 Å². The molecule has 0 bridgehead atoms. The predicted molar refractivity (Wildman–Crippen MR) is 497 cm³/mol. The van der Waals surface area contributed by atoms with Gasteiger partial charge < -0.3 is 73.4 Å². The summed E-state index contributed by atoms with van der Waals surface area (Å²) in [4.78, 5) is 147. The van der Waals surface area contributed by atoms with Crippen LogP contribution in [0.4, 0.5) is 0 Å². The standard InChI is InChI=1S/C22H26N2O3.C21H25N3O4.C20H22N2O3.C17H24N2O3.C16H22N2O2.5CH4/c1-4-8-20(25)24-19(15-16-11-13-18(27-3)14-12-16)22(26)23(2)21(24)17-9-6-5-7-10-17;1-23-20(16-8-3-2-4-9-16)24(18(25)10-5-11-19(26)27)17(21(23)28)13-15-7-6-12-22-14-15;1-14(23)22-18(13-15-9-11-17(25-3)12-10-15)20(24)21(2)19(22)16-7-5-4-6-8-16;1-11(2)10-15-17(21)18(4)16(19(15)12(3)20)13-6-8-14(22-5)9-7-13;1-11(2)10-14-16(20)17(4)15(18(14)12(3)19)13-8-6-5-7-9-13;;;;;/h5-7,9-14,19,21H,4,8,15H2,1-3H3;2-4,6-9,12,14,17,19-20,26-27H,5,10-11,13H2,1H3;4-12,18-19H,13H2,1-3H3;6-9,11,15-16H,10H2,1-5H3;5-9,11,14-15H,10H2,1-4H3;5*1H4. The number of aromatic nitrogens is 1. The summed E-state index contributed by atoms with van der Waals surface area (Å²) in [7, 11) is 13.6. The molecule has 2 N–H and O–H groups in total. The van der Waals surface area contributed by atoms with E-state index in [2.05, 4.69) is 32.7 Å². The van der Waals surface area contributed by atoms with Crippen LogP contribution in [0.15, 0.2) is 219 Å². The Morgan fingerprint density at radius 3 is 0.898 bits per heavy atom. The Morgan fingerprint density at radius 1 is 0.354 bits per heavy atom. The second-order valence-corrected chi connectivity index (χ2v) is 32.0. The lowest BCUT2D eigenvalue weighted by molar-refractivity contribution is -0.137. The van der Waals surface area contributed by atoms with Crippen LogP contribution in [-0.2, 0) is 67.2 Å². The number of amides is 10. The Hall–Kier alpha value is -12.3. The molecule has 6 heterocycles. The third-order valence-corrected chi connectivity index (χ3v) is 22.5. The van der Waals surface area contributed by atoms with Gasteiger partial charge in [-0.15, -0.1) is 0 Å². The highest BCUT2D eigenvalue weighted by molar-refractivity contribution is 5.95. The Kier molecular flexibility index (Phi) is 42.3. The average molecular weight is 1750 g/mol. The van der Waals surface area contributed by atoms with Gasteiger partial charge >= 0.3 is 0 Å². The van der Waals surface area contributed by atoms with Crippen LogP contribution in [0.5, 0.6) is 17.2 Å². The molecule has 127 heavy (non-hydrogen) atoms. The third kappa shape index (κ3) is 26.2. The van der Waals surface area contributed by atoms with Crippen molar-refractivity contribution in [1.29, 1.82) is 0 Å². The highest BCUT2D eigenvalue weighted by Gasteiger charge is 2.52. The Balaban J connectivity index is 0.000000331. The molecule has 5 fully saturated rings. The number of hydrogen-bond acceptors (Lipinski definition) is 16. The third-order valence-electron chi connectivity index (χ3n) is 22.5. The smallest absolute Gasteiger partial charge is 0.247 e. The van der Waals surface area contributed by atoms with Crippen molar-refractivity contribution in [3.8, 4) is 17.2 Å². The second-order valence-electron chi connectivity index (χ2n) is 32.0. The van der Waals surface area contributed by atoms with Crippen LogP contribution in [0.3, 0.4) is 0 Å². The van der Waals surface area contributed by atoms with Crippen molar-refractivity contribution in [2.45, 2.75) is 224 Å². The molecule has 10 unspecified atom stereocenters. The molecule has 5 aliphatic heterocycles. The van der Waals surface area contributed by atoms with E-state index in [1.807, 2.05) is 213 Å². The minimum Gasteiger partial charge on any atom is -0.497 e. The van der Waals surface area contributed by atoms with Crippen LogP contribution in [0.25, 0.3) is 0 Å². The van der Waals surface area contributed by atoms with Crippen molar-refractivity contribution in [1.82, 2.24) is 54.0 Å². The van der Waals surface area contributed by atoms with Gasteiger partial charge in [-0.25, -0.2) is 0 Å². The van der Waals surface area contributed by atoms with E-state index >= 15 is 0 Å². The van der Waals surface area contributed by atoms with Crippen molar-refractivity contribution >= 4 is 59.1 Å². The van der Waals surface area contributed by atoms with Crippen LogP contribution in [0.1, 0.15) is 213 Å². The van der Waals surface area contributed by atoms with Crippen molar-refractivity contribution in [2.75, 3.05) is 56.6 Å². The fourth-order valence-corrected chi connectivity index (χ4v) is 16.6. The van der Waals surface area contributed by atoms with E-state index in [4.69, 9.17) is 24.4 Å². The van der Waals surface area contributed by atoms with E-state index < -0.39 is 30.6 Å². The summed E-state index contributed by atoms with van der Waals surface area (Å²) in [5.41, 5.74) is 7.52. The van der Waals surface area contributed by atoms with E-state index in [9.17, 15) is 47.9 Å². The van der Waals surface area contributed by atoms with E-state index in [1.165, 1.54) is 20.8 Å². The van der Waals surface area contributed by atoms with Crippen molar-refractivity contribution < 1.29 is 72.4 Å². The lowest BCUT2D eigenvalue weighted by Gasteiger charge is -2.30. The molecule has 10 atom stereocenters. The molecule has 10 amide bonds. The van der Waals surface area contributed by atoms with Gasteiger partial charge in [0.05, 0.1) is 21.3 Å². The summed E-state index contributed by atoms with van der Waals surface area (Å²) < 4.78 is 15.5. The normalized spacial score (nSPS) is 19.7. The minimum atomic E-state index is -1.44. The van der Waals surface area contributed by atoms with Gasteiger partial charge in [0, 0.05) is 101 Å². The van der Waals surface area contributed by atoms with Gasteiger partial charge in [0.2, 0.25) is 59.1 Å². The van der Waals surface area contributed by atoms with Gasteiger partial charge in [0.1, 0.15) is 78.3 Å². The first-order valence-electron chi connectivity index (χ1n) is 41.5. The summed E-state index contributed by atoms with van der Waals surface area (Å²) in [6.07, 6.45) is 4.61. The van der Waals surface area contributed by atoms with Gasteiger partial charge in [0.25, 0.3) is 0 Å². The first-order chi connectivity index (χ1) is 58.4. The van der Waals surface area contributed by atoms with E-state index in [-0.39, 0.29) is 146 Å². The SMILES string of the molecule is C.C.C.C.C.CC(=O)N1C(CC(C)C)C(=O)N(C)C1c1ccccc1.CCCC(=O)N1C(Cc2ccc(OC)cc2)C(=O)N(C)C1c1ccccc1.CN1C(=O)C(Cc2cccnc2)N(C(=O)CCCC(O)O)C1c1ccccc1.COc1ccc(C2N(C)C(=O)C(CC(C)C)N2C(C)=O)cc1.COc1ccc(CC2C(=O)N(C)C(c3ccccc3)N2C(C)=O)cc1.